The van der Waals surface area contributed by atoms with Crippen LogP contribution in [-0.4, -0.2) is 11.5 Å². The molecule has 0 radical (unpaired) electrons. The van der Waals surface area contributed by atoms with Crippen LogP contribution in [0.5, 0.6) is 0 Å². The molecule has 4 heteroatoms. The number of hydrogen-bond donors (Lipinski definition) is 1. The fraction of sp³-hybridized carbons (Fsp3) is 1.00. The third kappa shape index (κ3) is 7.92. The van der Waals surface area contributed by atoms with Gasteiger partial charge in [0, 0.05) is 4.57 Å². The molecule has 0 aliphatic heterocycles. The smallest absolute Gasteiger partial charge is 0.133 e. The van der Waals surface area contributed by atoms with Gasteiger partial charge < -0.3 is 0 Å². The van der Waals surface area contributed by atoms with Crippen molar-refractivity contribution >= 4 is 8.25 Å². The molecular formula is C7H16O3P+. The summed E-state index contributed by atoms with van der Waals surface area (Å²) in [4.78, 5) is 8.31. The highest BCUT2D eigenvalue weighted by Crippen LogP contribution is 2.18. The van der Waals surface area contributed by atoms with Gasteiger partial charge in [0.05, 0.1) is 0 Å². The van der Waals surface area contributed by atoms with E-state index in [0.717, 1.165) is 19.3 Å². The van der Waals surface area contributed by atoms with Crippen LogP contribution in [0.4, 0.5) is 0 Å². The molecular weight excluding hydrogens is 163 g/mol. The second-order valence-corrected chi connectivity index (χ2v) is 3.51. The summed E-state index contributed by atoms with van der Waals surface area (Å²) in [5.74, 6) is 0.390. The first-order valence-electron chi connectivity index (χ1n) is 3.95. The third-order valence-electron chi connectivity index (χ3n) is 1.52. The van der Waals surface area contributed by atoms with E-state index < -0.39 is 8.25 Å². The molecule has 0 rings (SSSR count). The lowest BCUT2D eigenvalue weighted by atomic mass is 10.1. The summed E-state index contributed by atoms with van der Waals surface area (Å²) in [6.45, 7) is 4.54. The number of unbranched alkanes of at least 4 members (excludes halogenated alkanes) is 1. The lowest BCUT2D eigenvalue weighted by Crippen LogP contribution is -2.01. The Kier molecular flexibility index (Phi) is 6.73. The van der Waals surface area contributed by atoms with Crippen LogP contribution in [0.2, 0.25) is 0 Å². The molecule has 0 amide bonds. The third-order valence-corrected chi connectivity index (χ3v) is 1.89. The zero-order valence-corrected chi connectivity index (χ0v) is 8.01. The summed E-state index contributed by atoms with van der Waals surface area (Å²) < 4.78 is 14.7. The molecule has 0 aromatic carbocycles. The zero-order chi connectivity index (χ0) is 8.69. The van der Waals surface area contributed by atoms with Crippen LogP contribution in [0, 0.1) is 5.92 Å². The largest absolute Gasteiger partial charge is 0.694 e. The van der Waals surface area contributed by atoms with Crippen molar-refractivity contribution in [3.8, 4) is 0 Å². The van der Waals surface area contributed by atoms with Gasteiger partial charge in [-0.15, -0.1) is 9.42 Å². The summed E-state index contributed by atoms with van der Waals surface area (Å²) in [7, 11) is -2.40. The molecule has 0 saturated carbocycles. The van der Waals surface area contributed by atoms with Gasteiger partial charge in [-0.05, 0) is 12.3 Å². The number of rotatable bonds is 6. The summed E-state index contributed by atoms with van der Waals surface area (Å²) >= 11 is 0. The van der Waals surface area contributed by atoms with Crippen molar-refractivity contribution in [2.75, 3.05) is 6.61 Å². The van der Waals surface area contributed by atoms with E-state index in [9.17, 15) is 4.57 Å². The maximum atomic E-state index is 10.1. The zero-order valence-electron chi connectivity index (χ0n) is 7.12. The lowest BCUT2D eigenvalue weighted by molar-refractivity contribution is 0.231. The maximum absolute atomic E-state index is 10.1. The molecule has 0 aliphatic carbocycles. The molecule has 3 nitrogen and oxygen atoms in total. The van der Waals surface area contributed by atoms with Crippen LogP contribution < -0.4 is 0 Å². The Morgan fingerprint density at radius 1 is 1.64 bits per heavy atom. The van der Waals surface area contributed by atoms with Gasteiger partial charge in [0.15, 0.2) is 0 Å². The minimum Gasteiger partial charge on any atom is -0.133 e. The van der Waals surface area contributed by atoms with Gasteiger partial charge in [-0.25, -0.2) is 0 Å². The average Bonchev–Trinajstić information content (AvgIpc) is 1.97. The van der Waals surface area contributed by atoms with Crippen LogP contribution in [0.25, 0.3) is 0 Å². The van der Waals surface area contributed by atoms with Gasteiger partial charge in [0.1, 0.15) is 6.61 Å². The van der Waals surface area contributed by atoms with Crippen molar-refractivity contribution in [1.29, 1.82) is 0 Å². The molecule has 1 N–H and O–H groups in total. The van der Waals surface area contributed by atoms with Crippen molar-refractivity contribution < 1.29 is 14.0 Å². The highest BCUT2D eigenvalue weighted by molar-refractivity contribution is 7.32. The topological polar surface area (TPSA) is 46.5 Å². The van der Waals surface area contributed by atoms with E-state index in [1.54, 1.807) is 0 Å². The SMILES string of the molecule is CCCCC(C)CO[P+](=O)O. The lowest BCUT2D eigenvalue weighted by Gasteiger charge is -2.04. The van der Waals surface area contributed by atoms with Crippen molar-refractivity contribution in [1.82, 2.24) is 0 Å². The first kappa shape index (κ1) is 11.0. The molecule has 0 fully saturated rings. The molecule has 0 aromatic heterocycles. The first-order valence-corrected chi connectivity index (χ1v) is 5.09. The van der Waals surface area contributed by atoms with Gasteiger partial charge in [-0.3, -0.25) is 0 Å². The Balaban J connectivity index is 3.22. The second kappa shape index (κ2) is 6.71. The second-order valence-electron chi connectivity index (χ2n) is 2.78. The van der Waals surface area contributed by atoms with Crippen LogP contribution in [0.15, 0.2) is 0 Å². The van der Waals surface area contributed by atoms with E-state index in [2.05, 4.69) is 11.4 Å². The molecule has 0 aromatic rings. The van der Waals surface area contributed by atoms with E-state index in [4.69, 9.17) is 4.89 Å². The van der Waals surface area contributed by atoms with Gasteiger partial charge in [0.2, 0.25) is 0 Å². The quantitative estimate of drug-likeness (QED) is 0.637. The van der Waals surface area contributed by atoms with Crippen molar-refractivity contribution in [3.63, 3.8) is 0 Å². The van der Waals surface area contributed by atoms with Gasteiger partial charge in [0.25, 0.3) is 0 Å². The summed E-state index contributed by atoms with van der Waals surface area (Å²) in [5.41, 5.74) is 0. The normalized spacial score (nSPS) is 14.6. The predicted molar refractivity (Wildman–Crippen MR) is 44.5 cm³/mol. The van der Waals surface area contributed by atoms with Crippen molar-refractivity contribution in [2.45, 2.75) is 33.1 Å². The summed E-state index contributed by atoms with van der Waals surface area (Å²) in [6.07, 6.45) is 3.39. The van der Waals surface area contributed by atoms with Crippen molar-refractivity contribution in [2.24, 2.45) is 5.92 Å². The Labute approximate surface area is 68.7 Å². The molecule has 0 aliphatic rings. The van der Waals surface area contributed by atoms with Gasteiger partial charge >= 0.3 is 8.25 Å². The molecule has 0 spiro atoms. The van der Waals surface area contributed by atoms with Gasteiger partial charge in [-0.1, -0.05) is 26.7 Å². The fourth-order valence-corrected chi connectivity index (χ4v) is 1.21. The van der Waals surface area contributed by atoms with E-state index in [1.165, 1.54) is 0 Å². The molecule has 2 atom stereocenters. The minimum atomic E-state index is -2.40. The summed E-state index contributed by atoms with van der Waals surface area (Å²) in [5, 5.41) is 0. The molecule has 0 saturated heterocycles. The van der Waals surface area contributed by atoms with E-state index >= 15 is 0 Å². The Hall–Kier alpha value is 0.0200. The molecule has 66 valence electrons. The monoisotopic (exact) mass is 179 g/mol. The Morgan fingerprint density at radius 3 is 2.73 bits per heavy atom. The average molecular weight is 179 g/mol. The highest BCUT2D eigenvalue weighted by Gasteiger charge is 2.14. The van der Waals surface area contributed by atoms with Crippen LogP contribution in [-0.2, 0) is 9.09 Å². The molecule has 2 unspecified atom stereocenters. The Bertz CT molecular complexity index is 116. The minimum absolute atomic E-state index is 0.390. The van der Waals surface area contributed by atoms with E-state index in [0.29, 0.717) is 12.5 Å². The van der Waals surface area contributed by atoms with E-state index in [-0.39, 0.29) is 0 Å². The molecule has 0 bridgehead atoms. The Morgan fingerprint density at radius 2 is 2.27 bits per heavy atom. The van der Waals surface area contributed by atoms with Crippen LogP contribution in [0.3, 0.4) is 0 Å². The molecule has 0 heterocycles. The van der Waals surface area contributed by atoms with E-state index in [1.807, 2.05) is 6.92 Å². The van der Waals surface area contributed by atoms with Crippen LogP contribution >= 0.6 is 8.25 Å². The van der Waals surface area contributed by atoms with Crippen LogP contribution in [0.1, 0.15) is 33.1 Å². The molecule has 11 heavy (non-hydrogen) atoms. The van der Waals surface area contributed by atoms with Gasteiger partial charge in [-0.2, -0.15) is 0 Å². The predicted octanol–water partition coefficient (Wildman–Crippen LogP) is 2.48. The number of hydrogen-bond acceptors (Lipinski definition) is 2. The first-order chi connectivity index (χ1) is 5.16. The van der Waals surface area contributed by atoms with Crippen molar-refractivity contribution in [3.05, 3.63) is 0 Å². The fourth-order valence-electron chi connectivity index (χ4n) is 0.827. The standard InChI is InChI=1S/C7H15O3P/c1-3-4-5-7(2)6-10-11(8)9/h7H,3-6H2,1-2H3/p+1. The maximum Gasteiger partial charge on any atom is 0.694 e. The summed E-state index contributed by atoms with van der Waals surface area (Å²) in [6, 6.07) is 0. The highest BCUT2D eigenvalue weighted by atomic mass is 31.1.